The summed E-state index contributed by atoms with van der Waals surface area (Å²) in [6.07, 6.45) is 0.192. The minimum atomic E-state index is -0.323. The van der Waals surface area contributed by atoms with Crippen LogP contribution in [0.4, 0.5) is 4.39 Å². The number of hydrogen-bond acceptors (Lipinski definition) is 3. The number of hydrogen-bond donors (Lipinski definition) is 3. The molecule has 1 rings (SSSR count). The molecule has 5 heteroatoms. The van der Waals surface area contributed by atoms with Gasteiger partial charge in [-0.05, 0) is 24.6 Å². The lowest BCUT2D eigenvalue weighted by Gasteiger charge is -2.10. The van der Waals surface area contributed by atoms with Gasteiger partial charge in [-0.3, -0.25) is 9.52 Å². The van der Waals surface area contributed by atoms with Gasteiger partial charge >= 0.3 is 0 Å². The normalized spacial score (nSPS) is 12.2. The molecule has 16 heavy (non-hydrogen) atoms. The Morgan fingerprint density at radius 3 is 2.94 bits per heavy atom. The molecule has 0 unspecified atom stereocenters. The molecule has 1 aromatic rings. The molecule has 0 aliphatic heterocycles. The summed E-state index contributed by atoms with van der Waals surface area (Å²) in [5.41, 5.74) is 0.670. The third-order valence-corrected chi connectivity index (χ3v) is 2.52. The molecule has 0 spiro atoms. The van der Waals surface area contributed by atoms with E-state index in [1.165, 1.54) is 12.1 Å². The van der Waals surface area contributed by atoms with Crippen molar-refractivity contribution in [2.45, 2.75) is 19.4 Å². The summed E-state index contributed by atoms with van der Waals surface area (Å²) in [6.45, 7) is 2.40. The molecule has 0 heterocycles. The molecule has 0 radical (unpaired) electrons. The first-order chi connectivity index (χ1) is 7.61. The van der Waals surface area contributed by atoms with Crippen LogP contribution in [-0.2, 0) is 11.2 Å². The largest absolute Gasteiger partial charge is 0.354 e. The molecule has 0 aliphatic carbocycles. The Labute approximate surface area is 100.0 Å². The van der Waals surface area contributed by atoms with Crippen molar-refractivity contribution in [1.82, 2.24) is 10.0 Å². The second-order valence-corrected chi connectivity index (χ2v) is 3.90. The van der Waals surface area contributed by atoms with E-state index in [0.717, 1.165) is 0 Å². The summed E-state index contributed by atoms with van der Waals surface area (Å²) in [5.74, 6) is -0.447. The highest BCUT2D eigenvalue weighted by atomic mass is 32.1. The highest BCUT2D eigenvalue weighted by Gasteiger charge is 2.05. The number of rotatable bonds is 5. The van der Waals surface area contributed by atoms with Crippen LogP contribution in [0, 0.1) is 5.82 Å². The number of thiol groups is 1. The van der Waals surface area contributed by atoms with Gasteiger partial charge in [0, 0.05) is 12.6 Å². The second kappa shape index (κ2) is 6.50. The SMILES string of the molecule is C[C@H](CNC(=O)Cc1cccc(F)c1)NS. The summed E-state index contributed by atoms with van der Waals surface area (Å²) in [6, 6.07) is 6.13. The first-order valence-electron chi connectivity index (χ1n) is 5.02. The zero-order valence-electron chi connectivity index (χ0n) is 9.03. The van der Waals surface area contributed by atoms with Gasteiger partial charge in [0.15, 0.2) is 0 Å². The zero-order valence-corrected chi connectivity index (χ0v) is 9.93. The van der Waals surface area contributed by atoms with Crippen LogP contribution in [0.1, 0.15) is 12.5 Å². The number of nitrogens with one attached hydrogen (secondary N) is 2. The van der Waals surface area contributed by atoms with Gasteiger partial charge < -0.3 is 5.32 Å². The fraction of sp³-hybridized carbons (Fsp3) is 0.364. The molecule has 88 valence electrons. The van der Waals surface area contributed by atoms with Crippen molar-refractivity contribution < 1.29 is 9.18 Å². The van der Waals surface area contributed by atoms with Gasteiger partial charge in [0.05, 0.1) is 6.42 Å². The standard InChI is InChI=1S/C11H15FN2OS/c1-8(14-16)7-13-11(15)6-9-3-2-4-10(12)5-9/h2-5,8,14,16H,6-7H2,1H3,(H,13,15)/t8-/m1/s1. The lowest BCUT2D eigenvalue weighted by molar-refractivity contribution is -0.120. The van der Waals surface area contributed by atoms with Gasteiger partial charge in [-0.2, -0.15) is 0 Å². The van der Waals surface area contributed by atoms with E-state index < -0.39 is 0 Å². The number of benzene rings is 1. The van der Waals surface area contributed by atoms with Gasteiger partial charge in [0.1, 0.15) is 5.82 Å². The van der Waals surface area contributed by atoms with E-state index in [9.17, 15) is 9.18 Å². The Morgan fingerprint density at radius 2 is 2.31 bits per heavy atom. The van der Waals surface area contributed by atoms with Gasteiger partial charge in [0.2, 0.25) is 5.91 Å². The summed E-state index contributed by atoms with van der Waals surface area (Å²) >= 11 is 3.88. The van der Waals surface area contributed by atoms with Crippen LogP contribution in [0.5, 0.6) is 0 Å². The van der Waals surface area contributed by atoms with Crippen LogP contribution in [0.2, 0.25) is 0 Å². The summed E-state index contributed by atoms with van der Waals surface area (Å²) in [4.78, 5) is 11.5. The molecule has 1 aromatic carbocycles. The maximum absolute atomic E-state index is 12.8. The van der Waals surface area contributed by atoms with Crippen LogP contribution < -0.4 is 10.0 Å². The molecule has 0 fully saturated rings. The summed E-state index contributed by atoms with van der Waals surface area (Å²) in [7, 11) is 0. The molecule has 1 amide bonds. The van der Waals surface area contributed by atoms with Crippen LogP contribution in [0.3, 0.4) is 0 Å². The fourth-order valence-electron chi connectivity index (χ4n) is 1.21. The number of amides is 1. The molecule has 3 nitrogen and oxygen atoms in total. The van der Waals surface area contributed by atoms with E-state index >= 15 is 0 Å². The van der Waals surface area contributed by atoms with E-state index in [1.54, 1.807) is 12.1 Å². The van der Waals surface area contributed by atoms with Crippen molar-refractivity contribution in [3.8, 4) is 0 Å². The first-order valence-corrected chi connectivity index (χ1v) is 5.47. The van der Waals surface area contributed by atoms with Gasteiger partial charge in [-0.1, -0.05) is 24.9 Å². The first kappa shape index (κ1) is 13.0. The van der Waals surface area contributed by atoms with Crippen LogP contribution >= 0.6 is 12.8 Å². The summed E-state index contributed by atoms with van der Waals surface area (Å²) < 4.78 is 15.5. The fourth-order valence-corrected chi connectivity index (χ4v) is 1.30. The van der Waals surface area contributed by atoms with Crippen molar-refractivity contribution in [2.75, 3.05) is 6.54 Å². The van der Waals surface area contributed by atoms with Crippen LogP contribution in [0.15, 0.2) is 24.3 Å². The number of carbonyl (C=O) groups is 1. The lowest BCUT2D eigenvalue weighted by atomic mass is 10.1. The highest BCUT2D eigenvalue weighted by molar-refractivity contribution is 7.78. The molecular weight excluding hydrogens is 227 g/mol. The monoisotopic (exact) mass is 242 g/mol. The second-order valence-electron chi connectivity index (χ2n) is 3.64. The van der Waals surface area contributed by atoms with Crippen molar-refractivity contribution in [1.29, 1.82) is 0 Å². The topological polar surface area (TPSA) is 41.1 Å². The van der Waals surface area contributed by atoms with E-state index in [0.29, 0.717) is 12.1 Å². The molecule has 0 aromatic heterocycles. The van der Waals surface area contributed by atoms with Gasteiger partial charge in [0.25, 0.3) is 0 Å². The molecule has 0 saturated carbocycles. The van der Waals surface area contributed by atoms with Gasteiger partial charge in [-0.25, -0.2) is 4.39 Å². The number of halogens is 1. The predicted molar refractivity (Wildman–Crippen MR) is 64.7 cm³/mol. The molecular formula is C11H15FN2OS. The lowest BCUT2D eigenvalue weighted by Crippen LogP contribution is -2.36. The maximum Gasteiger partial charge on any atom is 0.224 e. The average Bonchev–Trinajstić information content (AvgIpc) is 2.26. The molecule has 0 saturated heterocycles. The van der Waals surface area contributed by atoms with E-state index in [1.807, 2.05) is 6.92 Å². The predicted octanol–water partition coefficient (Wildman–Crippen LogP) is 1.31. The maximum atomic E-state index is 12.8. The Hall–Kier alpha value is -1.07. The smallest absolute Gasteiger partial charge is 0.224 e. The van der Waals surface area contributed by atoms with Crippen LogP contribution in [0.25, 0.3) is 0 Å². The summed E-state index contributed by atoms with van der Waals surface area (Å²) in [5, 5.41) is 2.73. The molecule has 0 aliphatic rings. The minimum absolute atomic E-state index is 0.0970. The molecule has 2 N–H and O–H groups in total. The molecule has 0 bridgehead atoms. The minimum Gasteiger partial charge on any atom is -0.354 e. The van der Waals surface area contributed by atoms with E-state index in [2.05, 4.69) is 22.9 Å². The third-order valence-electron chi connectivity index (χ3n) is 2.08. The zero-order chi connectivity index (χ0) is 12.0. The van der Waals surface area contributed by atoms with E-state index in [-0.39, 0.29) is 24.2 Å². The van der Waals surface area contributed by atoms with Crippen molar-refractivity contribution in [3.63, 3.8) is 0 Å². The highest BCUT2D eigenvalue weighted by Crippen LogP contribution is 2.03. The number of carbonyl (C=O) groups excluding carboxylic acids is 1. The van der Waals surface area contributed by atoms with Crippen molar-refractivity contribution in [2.24, 2.45) is 0 Å². The average molecular weight is 242 g/mol. The van der Waals surface area contributed by atoms with Crippen molar-refractivity contribution >= 4 is 18.7 Å². The third kappa shape index (κ3) is 4.63. The van der Waals surface area contributed by atoms with Crippen molar-refractivity contribution in [3.05, 3.63) is 35.6 Å². The Bertz CT molecular complexity index is 360. The van der Waals surface area contributed by atoms with E-state index in [4.69, 9.17) is 0 Å². The Morgan fingerprint density at radius 1 is 1.56 bits per heavy atom. The Balaban J connectivity index is 2.40. The quantitative estimate of drug-likeness (QED) is 0.681. The Kier molecular flexibility index (Phi) is 5.28. The van der Waals surface area contributed by atoms with Gasteiger partial charge in [-0.15, -0.1) is 0 Å². The van der Waals surface area contributed by atoms with Crippen LogP contribution in [-0.4, -0.2) is 18.5 Å². The molecule has 1 atom stereocenters.